The first-order valence-corrected chi connectivity index (χ1v) is 12.9. The molecule has 1 aromatic heterocycles. The number of hydrogen-bond donors (Lipinski definition) is 0. The molecule has 0 spiro atoms. The Morgan fingerprint density at radius 1 is 1.05 bits per heavy atom. The van der Waals surface area contributed by atoms with Crippen molar-refractivity contribution in [2.24, 2.45) is 4.99 Å². The Hall–Kier alpha value is -4.18. The van der Waals surface area contributed by atoms with Crippen LogP contribution in [0.15, 0.2) is 63.5 Å². The van der Waals surface area contributed by atoms with Crippen molar-refractivity contribution < 1.29 is 23.8 Å². The third-order valence-electron chi connectivity index (χ3n) is 6.72. The van der Waals surface area contributed by atoms with Crippen molar-refractivity contribution in [3.8, 4) is 11.5 Å². The van der Waals surface area contributed by atoms with Gasteiger partial charge in [-0.2, -0.15) is 0 Å². The van der Waals surface area contributed by atoms with Gasteiger partial charge in [-0.15, -0.1) is 0 Å². The normalized spacial score (nSPS) is 17.7. The summed E-state index contributed by atoms with van der Waals surface area (Å²) in [5, 5.41) is 0. The largest absolute Gasteiger partial charge is 0.493 e. The number of ether oxygens (including phenoxy) is 3. The summed E-state index contributed by atoms with van der Waals surface area (Å²) in [6.07, 6.45) is 0.773. The third kappa shape index (κ3) is 3.83. The number of aromatic nitrogens is 1. The molecule has 0 radical (unpaired) electrons. The Balaban J connectivity index is 1.82. The topological polar surface area (TPSA) is 99.4 Å². The fourth-order valence-electron chi connectivity index (χ4n) is 5.03. The summed E-state index contributed by atoms with van der Waals surface area (Å²) in [5.74, 6) is 0.143. The molecular formula is C28H27N3O6S. The predicted octanol–water partition coefficient (Wildman–Crippen LogP) is 2.55. The summed E-state index contributed by atoms with van der Waals surface area (Å²) in [5.41, 5.74) is 2.71. The van der Waals surface area contributed by atoms with E-state index < -0.39 is 17.6 Å². The van der Waals surface area contributed by atoms with E-state index in [0.717, 1.165) is 23.4 Å². The van der Waals surface area contributed by atoms with Crippen molar-refractivity contribution in [3.05, 3.63) is 84.5 Å². The van der Waals surface area contributed by atoms with E-state index in [0.29, 0.717) is 45.2 Å². The maximum absolute atomic E-state index is 14.1. The standard InChI is InChI=1S/C28H27N3O6S/c1-6-13-30-18-10-8-7-9-17(18)22(25(30)32)24-26(33)31-23(16-11-12-19(35-3)20(14-16)36-4)21(27(34)37-5)15(2)29-28(31)38-24/h7-12,14,23H,6,13H2,1-5H3/b24-22-. The fraction of sp³-hybridized carbons (Fsp3) is 0.286. The molecule has 10 heteroatoms. The van der Waals surface area contributed by atoms with Crippen LogP contribution in [0, 0.1) is 0 Å². The number of anilines is 1. The van der Waals surface area contributed by atoms with Gasteiger partial charge in [0, 0.05) is 12.1 Å². The number of benzene rings is 2. The van der Waals surface area contributed by atoms with E-state index in [1.165, 1.54) is 25.9 Å². The molecule has 2 aliphatic rings. The lowest BCUT2D eigenvalue weighted by Gasteiger charge is -2.25. The second kappa shape index (κ2) is 9.94. The number of carbonyl (C=O) groups excluding carboxylic acids is 2. The summed E-state index contributed by atoms with van der Waals surface area (Å²) < 4.78 is 17.7. The van der Waals surface area contributed by atoms with Crippen LogP contribution in [0.2, 0.25) is 0 Å². The molecular weight excluding hydrogens is 506 g/mol. The van der Waals surface area contributed by atoms with Crippen LogP contribution in [0.5, 0.6) is 11.5 Å². The first-order chi connectivity index (χ1) is 18.4. The molecule has 1 atom stereocenters. The first kappa shape index (κ1) is 25.5. The maximum Gasteiger partial charge on any atom is 0.338 e. The van der Waals surface area contributed by atoms with E-state index in [9.17, 15) is 14.4 Å². The Labute approximate surface area is 222 Å². The van der Waals surface area contributed by atoms with E-state index in [1.54, 1.807) is 30.0 Å². The Morgan fingerprint density at radius 3 is 2.47 bits per heavy atom. The van der Waals surface area contributed by atoms with Gasteiger partial charge in [0.05, 0.1) is 49.9 Å². The number of esters is 1. The Bertz CT molecular complexity index is 1680. The molecule has 1 amide bonds. The molecule has 3 heterocycles. The molecule has 2 aromatic carbocycles. The van der Waals surface area contributed by atoms with E-state index in [2.05, 4.69) is 4.99 Å². The SMILES string of the molecule is CCCN1C(=O)/C(=c2\sc3n(c2=O)C(c2ccc(OC)c(OC)c2)C(C(=O)OC)=C(C)N=3)c2ccccc21. The number of amides is 1. The number of nitrogens with zero attached hydrogens (tertiary/aromatic N) is 3. The molecule has 0 aliphatic carbocycles. The van der Waals surface area contributed by atoms with E-state index in [4.69, 9.17) is 14.2 Å². The average molecular weight is 534 g/mol. The fourth-order valence-corrected chi connectivity index (χ4v) is 6.16. The van der Waals surface area contributed by atoms with Gasteiger partial charge < -0.3 is 19.1 Å². The number of fused-ring (bicyclic) bond motifs is 2. The van der Waals surface area contributed by atoms with Crippen LogP contribution in [0.1, 0.15) is 37.4 Å². The number of rotatable bonds is 6. The number of para-hydroxylation sites is 1. The van der Waals surface area contributed by atoms with Gasteiger partial charge in [0.1, 0.15) is 4.53 Å². The minimum atomic E-state index is -0.841. The highest BCUT2D eigenvalue weighted by atomic mass is 32.1. The van der Waals surface area contributed by atoms with Crippen molar-refractivity contribution in [2.45, 2.75) is 26.3 Å². The molecule has 0 bridgehead atoms. The zero-order chi connectivity index (χ0) is 27.1. The second-order valence-electron chi connectivity index (χ2n) is 8.86. The smallest absolute Gasteiger partial charge is 0.338 e. The molecule has 1 unspecified atom stereocenters. The van der Waals surface area contributed by atoms with Gasteiger partial charge in [-0.05, 0) is 37.1 Å². The zero-order valence-corrected chi connectivity index (χ0v) is 22.5. The quantitative estimate of drug-likeness (QED) is 0.452. The highest BCUT2D eigenvalue weighted by Gasteiger charge is 2.37. The monoisotopic (exact) mass is 533 g/mol. The van der Waals surface area contributed by atoms with Crippen LogP contribution >= 0.6 is 11.3 Å². The molecule has 0 saturated carbocycles. The van der Waals surface area contributed by atoms with Crippen molar-refractivity contribution in [1.82, 2.24) is 4.57 Å². The number of hydrogen-bond acceptors (Lipinski definition) is 8. The van der Waals surface area contributed by atoms with Crippen LogP contribution in [0.3, 0.4) is 0 Å². The Morgan fingerprint density at radius 2 is 1.79 bits per heavy atom. The summed E-state index contributed by atoms with van der Waals surface area (Å²) >= 11 is 1.14. The van der Waals surface area contributed by atoms with E-state index in [1.807, 2.05) is 31.2 Å². The first-order valence-electron chi connectivity index (χ1n) is 12.1. The summed E-state index contributed by atoms with van der Waals surface area (Å²) in [7, 11) is 4.34. The lowest BCUT2D eigenvalue weighted by Crippen LogP contribution is -2.41. The minimum absolute atomic E-state index is 0.218. The molecule has 38 heavy (non-hydrogen) atoms. The molecule has 0 saturated heterocycles. The Kier molecular flexibility index (Phi) is 6.66. The molecule has 196 valence electrons. The van der Waals surface area contributed by atoms with Crippen molar-refractivity contribution in [3.63, 3.8) is 0 Å². The number of thiazole rings is 1. The second-order valence-corrected chi connectivity index (χ2v) is 9.83. The molecule has 0 fully saturated rings. The predicted molar refractivity (Wildman–Crippen MR) is 143 cm³/mol. The molecule has 5 rings (SSSR count). The van der Waals surface area contributed by atoms with Crippen LogP contribution in [-0.2, 0) is 14.3 Å². The maximum atomic E-state index is 14.1. The highest BCUT2D eigenvalue weighted by Crippen LogP contribution is 2.37. The van der Waals surface area contributed by atoms with Crippen LogP contribution < -0.4 is 29.3 Å². The van der Waals surface area contributed by atoms with E-state index in [-0.39, 0.29) is 16.0 Å². The minimum Gasteiger partial charge on any atom is -0.493 e. The van der Waals surface area contributed by atoms with Gasteiger partial charge in [-0.3, -0.25) is 14.2 Å². The zero-order valence-electron chi connectivity index (χ0n) is 21.7. The summed E-state index contributed by atoms with van der Waals surface area (Å²) in [6.45, 7) is 4.25. The molecule has 0 N–H and O–H groups in total. The van der Waals surface area contributed by atoms with Crippen LogP contribution in [0.25, 0.3) is 5.57 Å². The van der Waals surface area contributed by atoms with Gasteiger partial charge in [0.25, 0.3) is 11.5 Å². The summed E-state index contributed by atoms with van der Waals surface area (Å²) in [4.78, 5) is 47.4. The number of methoxy groups -OCH3 is 3. The van der Waals surface area contributed by atoms with Gasteiger partial charge in [0.2, 0.25) is 0 Å². The number of carbonyl (C=O) groups is 2. The number of allylic oxidation sites excluding steroid dienone is 1. The van der Waals surface area contributed by atoms with Crippen molar-refractivity contribution >= 4 is 34.5 Å². The van der Waals surface area contributed by atoms with Gasteiger partial charge in [-0.1, -0.05) is 42.5 Å². The third-order valence-corrected chi connectivity index (χ3v) is 7.78. The van der Waals surface area contributed by atoms with Crippen LogP contribution in [0.4, 0.5) is 5.69 Å². The average Bonchev–Trinajstić information content (AvgIpc) is 3.39. The lowest BCUT2D eigenvalue weighted by molar-refractivity contribution is -0.136. The van der Waals surface area contributed by atoms with Gasteiger partial charge >= 0.3 is 5.97 Å². The van der Waals surface area contributed by atoms with Crippen molar-refractivity contribution in [1.29, 1.82) is 0 Å². The molecule has 2 aliphatic heterocycles. The highest BCUT2D eigenvalue weighted by molar-refractivity contribution is 7.07. The van der Waals surface area contributed by atoms with Crippen molar-refractivity contribution in [2.75, 3.05) is 32.8 Å². The van der Waals surface area contributed by atoms with E-state index >= 15 is 0 Å². The molecule has 9 nitrogen and oxygen atoms in total. The molecule has 3 aromatic rings. The van der Waals surface area contributed by atoms with Gasteiger partial charge in [0.15, 0.2) is 16.3 Å². The van der Waals surface area contributed by atoms with Gasteiger partial charge in [-0.25, -0.2) is 9.79 Å². The van der Waals surface area contributed by atoms with Crippen LogP contribution in [-0.4, -0.2) is 44.3 Å². The summed E-state index contributed by atoms with van der Waals surface area (Å²) in [6, 6.07) is 11.8. The lowest BCUT2D eigenvalue weighted by atomic mass is 9.95.